The smallest absolute Gasteiger partial charge is 0.263 e. The second-order valence-corrected chi connectivity index (χ2v) is 7.65. The number of nitrogens with zero attached hydrogens (tertiary/aromatic N) is 7. The van der Waals surface area contributed by atoms with Gasteiger partial charge in [-0.15, -0.1) is 0 Å². The normalized spacial score (nSPS) is 11.4. The zero-order valence-electron chi connectivity index (χ0n) is 18.3. The minimum atomic E-state index is -2.75. The largest absolute Gasteiger partial charge is 0.280 e. The first-order valence-electron chi connectivity index (χ1n) is 10.3. The maximum Gasteiger partial charge on any atom is 0.280 e. The summed E-state index contributed by atoms with van der Waals surface area (Å²) in [5, 5.41) is 17.5. The van der Waals surface area contributed by atoms with Gasteiger partial charge < -0.3 is 0 Å². The molecule has 1 aromatic carbocycles. The minimum Gasteiger partial charge on any atom is -0.263 e. The summed E-state index contributed by atoms with van der Waals surface area (Å²) in [6.45, 7) is 2.76. The highest BCUT2D eigenvalue weighted by molar-refractivity contribution is 5.65. The van der Waals surface area contributed by atoms with Crippen molar-refractivity contribution in [3.05, 3.63) is 76.6 Å². The van der Waals surface area contributed by atoms with Crippen molar-refractivity contribution in [3.63, 3.8) is 0 Å². The molecule has 7 nitrogen and oxygen atoms in total. The van der Waals surface area contributed by atoms with E-state index < -0.39 is 19.4 Å². The third-order valence-electron chi connectivity index (χ3n) is 5.28. The number of aromatic nitrogens is 6. The molecule has 4 rings (SSSR count). The molecule has 0 spiro atoms. The first-order valence-corrected chi connectivity index (χ1v) is 10.3. The summed E-state index contributed by atoms with van der Waals surface area (Å²) < 4.78 is 55.7. The second kappa shape index (κ2) is 9.43. The predicted molar refractivity (Wildman–Crippen MR) is 115 cm³/mol. The Morgan fingerprint density at radius 1 is 1.00 bits per heavy atom. The lowest BCUT2D eigenvalue weighted by Crippen LogP contribution is -2.13. The van der Waals surface area contributed by atoms with Gasteiger partial charge in [0.05, 0.1) is 28.7 Å². The Labute approximate surface area is 192 Å². The van der Waals surface area contributed by atoms with Crippen LogP contribution in [0.3, 0.4) is 0 Å². The van der Waals surface area contributed by atoms with Crippen molar-refractivity contribution in [1.29, 1.82) is 5.26 Å². The highest BCUT2D eigenvalue weighted by Gasteiger charge is 2.21. The van der Waals surface area contributed by atoms with Gasteiger partial charge >= 0.3 is 0 Å². The van der Waals surface area contributed by atoms with Gasteiger partial charge in [-0.3, -0.25) is 4.68 Å². The molecule has 0 saturated carbocycles. The molecule has 0 unspecified atom stereocenters. The number of halogens is 4. The fraction of sp³-hybridized carbons (Fsp3) is 0.261. The van der Waals surface area contributed by atoms with Crippen LogP contribution in [0.15, 0.2) is 42.7 Å². The van der Waals surface area contributed by atoms with Crippen molar-refractivity contribution in [3.8, 4) is 23.1 Å². The van der Waals surface area contributed by atoms with E-state index in [2.05, 4.69) is 20.2 Å². The van der Waals surface area contributed by atoms with Gasteiger partial charge in [0.25, 0.3) is 12.9 Å². The Bertz CT molecular complexity index is 1350. The fourth-order valence-corrected chi connectivity index (χ4v) is 3.70. The van der Waals surface area contributed by atoms with Crippen LogP contribution in [-0.4, -0.2) is 36.0 Å². The Morgan fingerprint density at radius 3 is 2.38 bits per heavy atom. The molecule has 0 amide bonds. The zero-order valence-corrected chi connectivity index (χ0v) is 18.3. The number of benzene rings is 1. The van der Waals surface area contributed by atoms with Crippen molar-refractivity contribution in [2.24, 2.45) is 0 Å². The highest BCUT2D eigenvalue weighted by Crippen LogP contribution is 2.28. The van der Waals surface area contributed by atoms with Gasteiger partial charge in [-0.1, -0.05) is 12.1 Å². The van der Waals surface area contributed by atoms with Crippen LogP contribution in [0.1, 0.15) is 40.3 Å². The first-order chi connectivity index (χ1) is 16.3. The number of rotatable bonds is 7. The number of aryl methyl sites for hydroxylation is 1. The van der Waals surface area contributed by atoms with Crippen LogP contribution in [0.5, 0.6) is 0 Å². The van der Waals surface area contributed by atoms with E-state index in [-0.39, 0.29) is 17.9 Å². The summed E-state index contributed by atoms with van der Waals surface area (Å²) >= 11 is 0. The standard InChI is InChI=1S/C23H19F4N7/c1-13-7-19(23(26)27)34(31-13)21-9-17(29-12-30-21)8-18-14(2)22(32-33(18)11-20(24)25)16-5-3-15(10-28)4-6-16/h3-7,9,12,20,23H,8,11H2,1-2H3. The number of nitriles is 1. The van der Waals surface area contributed by atoms with Gasteiger partial charge in [0.15, 0.2) is 5.82 Å². The predicted octanol–water partition coefficient (Wildman–Crippen LogP) is 4.81. The summed E-state index contributed by atoms with van der Waals surface area (Å²) in [6.07, 6.45) is -4.03. The maximum absolute atomic E-state index is 13.4. The number of alkyl halides is 4. The first kappa shape index (κ1) is 23.1. The Hall–Kier alpha value is -4.07. The average Bonchev–Trinajstić information content (AvgIpc) is 3.35. The molecule has 3 heterocycles. The summed E-state index contributed by atoms with van der Waals surface area (Å²) in [6, 6.07) is 11.5. The highest BCUT2D eigenvalue weighted by atomic mass is 19.3. The van der Waals surface area contributed by atoms with Crippen LogP contribution in [0.4, 0.5) is 17.6 Å². The molecule has 4 aromatic rings. The molecule has 11 heteroatoms. The van der Waals surface area contributed by atoms with E-state index in [1.807, 2.05) is 6.07 Å². The van der Waals surface area contributed by atoms with E-state index in [0.717, 1.165) is 4.68 Å². The van der Waals surface area contributed by atoms with Crippen LogP contribution in [-0.2, 0) is 13.0 Å². The van der Waals surface area contributed by atoms with Crippen molar-refractivity contribution >= 4 is 0 Å². The maximum atomic E-state index is 13.4. The van der Waals surface area contributed by atoms with E-state index in [1.165, 1.54) is 23.1 Å². The molecule has 0 atom stereocenters. The summed E-state index contributed by atoms with van der Waals surface area (Å²) in [5.41, 5.74) is 3.39. The van der Waals surface area contributed by atoms with Crippen molar-refractivity contribution in [1.82, 2.24) is 29.5 Å². The molecule has 0 aliphatic rings. The molecule has 0 N–H and O–H groups in total. The molecule has 34 heavy (non-hydrogen) atoms. The summed E-state index contributed by atoms with van der Waals surface area (Å²) in [5.74, 6) is 0.151. The monoisotopic (exact) mass is 469 g/mol. The van der Waals surface area contributed by atoms with E-state index >= 15 is 0 Å². The minimum absolute atomic E-state index is 0.127. The van der Waals surface area contributed by atoms with Crippen molar-refractivity contribution in [2.75, 3.05) is 0 Å². The molecular formula is C23H19F4N7. The third-order valence-corrected chi connectivity index (χ3v) is 5.28. The van der Waals surface area contributed by atoms with Gasteiger partial charge in [0, 0.05) is 23.7 Å². The summed E-state index contributed by atoms with van der Waals surface area (Å²) in [7, 11) is 0. The van der Waals surface area contributed by atoms with Gasteiger partial charge in [-0.05, 0) is 37.6 Å². The van der Waals surface area contributed by atoms with Crippen LogP contribution < -0.4 is 0 Å². The second-order valence-electron chi connectivity index (χ2n) is 7.65. The Balaban J connectivity index is 1.73. The Kier molecular flexibility index (Phi) is 6.40. The van der Waals surface area contributed by atoms with Crippen LogP contribution in [0.2, 0.25) is 0 Å². The molecule has 0 radical (unpaired) electrons. The van der Waals surface area contributed by atoms with E-state index in [9.17, 15) is 17.6 Å². The Morgan fingerprint density at radius 2 is 1.74 bits per heavy atom. The molecule has 0 fully saturated rings. The van der Waals surface area contributed by atoms with Crippen molar-refractivity contribution < 1.29 is 17.6 Å². The third kappa shape index (κ3) is 4.66. The average molecular weight is 469 g/mol. The van der Waals surface area contributed by atoms with Gasteiger partial charge in [-0.2, -0.15) is 15.5 Å². The van der Waals surface area contributed by atoms with E-state index in [1.54, 1.807) is 38.1 Å². The van der Waals surface area contributed by atoms with Gasteiger partial charge in [0.1, 0.15) is 18.6 Å². The van der Waals surface area contributed by atoms with Gasteiger partial charge in [0.2, 0.25) is 0 Å². The molecule has 0 bridgehead atoms. The van der Waals surface area contributed by atoms with Crippen LogP contribution in [0.25, 0.3) is 17.1 Å². The molecule has 174 valence electrons. The summed E-state index contributed by atoms with van der Waals surface area (Å²) in [4.78, 5) is 8.26. The SMILES string of the molecule is Cc1cc(C(F)F)n(-c2cc(Cc3c(C)c(-c4ccc(C#N)cc4)nn3CC(F)F)ncn2)n1. The zero-order chi connectivity index (χ0) is 24.4. The van der Waals surface area contributed by atoms with E-state index in [4.69, 9.17) is 5.26 Å². The number of hydrogen-bond acceptors (Lipinski definition) is 5. The molecule has 0 aliphatic heterocycles. The molecule has 0 aliphatic carbocycles. The molecular weight excluding hydrogens is 450 g/mol. The lowest BCUT2D eigenvalue weighted by Gasteiger charge is -2.10. The van der Waals surface area contributed by atoms with Crippen molar-refractivity contribution in [2.45, 2.75) is 39.7 Å². The lowest BCUT2D eigenvalue weighted by atomic mass is 10.0. The molecule has 3 aromatic heterocycles. The van der Waals surface area contributed by atoms with Crippen LogP contribution in [0, 0.1) is 25.2 Å². The number of hydrogen-bond donors (Lipinski definition) is 0. The van der Waals surface area contributed by atoms with E-state index in [0.29, 0.717) is 39.5 Å². The topological polar surface area (TPSA) is 85.2 Å². The van der Waals surface area contributed by atoms with Gasteiger partial charge in [-0.25, -0.2) is 32.2 Å². The lowest BCUT2D eigenvalue weighted by molar-refractivity contribution is 0.120. The van der Waals surface area contributed by atoms with Crippen LogP contribution >= 0.6 is 0 Å². The quantitative estimate of drug-likeness (QED) is 0.363. The molecule has 0 saturated heterocycles. The fourth-order valence-electron chi connectivity index (χ4n) is 3.70.